The lowest BCUT2D eigenvalue weighted by atomic mass is 10.6. The molecule has 1 heterocycles. The van der Waals surface area contributed by atoms with Gasteiger partial charge in [-0.05, 0) is 0 Å². The number of guanidine groups is 1. The SMILES string of the molecule is N#CNC(N)=NCNC(=O)NCN1CNC(=O)NC1. The first-order chi connectivity index (χ1) is 9.11. The molecule has 0 aromatic rings. The number of aliphatic imine (C=N–C) groups is 1. The zero-order valence-electron chi connectivity index (χ0n) is 10.1. The van der Waals surface area contributed by atoms with E-state index < -0.39 is 6.03 Å². The molecular weight excluding hydrogens is 254 g/mol. The highest BCUT2D eigenvalue weighted by atomic mass is 16.2. The fraction of sp³-hybridized carbons (Fsp3) is 0.500. The Bertz CT molecular complexity index is 392. The molecule has 0 aromatic heterocycles. The van der Waals surface area contributed by atoms with Crippen LogP contribution < -0.4 is 32.3 Å². The summed E-state index contributed by atoms with van der Waals surface area (Å²) in [4.78, 5) is 27.6. The average Bonchev–Trinajstić information content (AvgIpc) is 2.38. The summed E-state index contributed by atoms with van der Waals surface area (Å²) in [6, 6.07) is -0.680. The maximum Gasteiger partial charge on any atom is 0.317 e. The second kappa shape index (κ2) is 7.56. The first kappa shape index (κ1) is 14.3. The van der Waals surface area contributed by atoms with Gasteiger partial charge in [0.1, 0.15) is 6.67 Å². The molecule has 0 atom stereocenters. The van der Waals surface area contributed by atoms with Gasteiger partial charge in [0.05, 0.1) is 20.0 Å². The predicted octanol–water partition coefficient (Wildman–Crippen LogP) is -2.88. The molecule has 0 aromatic carbocycles. The van der Waals surface area contributed by atoms with Crippen LogP contribution >= 0.6 is 0 Å². The highest BCUT2D eigenvalue weighted by Gasteiger charge is 2.13. The molecule has 0 saturated carbocycles. The Morgan fingerprint density at radius 3 is 2.79 bits per heavy atom. The number of hydrogen-bond donors (Lipinski definition) is 6. The summed E-state index contributed by atoms with van der Waals surface area (Å²) >= 11 is 0. The number of nitrogens with zero attached hydrogens (tertiary/aromatic N) is 3. The van der Waals surface area contributed by atoms with Crippen LogP contribution in [-0.4, -0.2) is 49.6 Å². The zero-order valence-corrected chi connectivity index (χ0v) is 10.1. The van der Waals surface area contributed by atoms with Crippen LogP contribution in [-0.2, 0) is 0 Å². The molecule has 1 aliphatic heterocycles. The molecule has 0 bridgehead atoms. The van der Waals surface area contributed by atoms with E-state index in [0.29, 0.717) is 13.3 Å². The van der Waals surface area contributed by atoms with Crippen LogP contribution in [0.15, 0.2) is 4.99 Å². The van der Waals surface area contributed by atoms with E-state index >= 15 is 0 Å². The summed E-state index contributed by atoms with van der Waals surface area (Å²) in [5.74, 6) is -0.0780. The molecular formula is C8H15N9O2. The van der Waals surface area contributed by atoms with Gasteiger partial charge in [0.15, 0.2) is 6.19 Å². The van der Waals surface area contributed by atoms with Crippen molar-refractivity contribution in [2.75, 3.05) is 26.7 Å². The maximum atomic E-state index is 11.3. The molecule has 7 N–H and O–H groups in total. The number of carbonyl (C=O) groups excluding carboxylic acids is 2. The first-order valence-electron chi connectivity index (χ1n) is 5.32. The minimum Gasteiger partial charge on any atom is -0.369 e. The number of amides is 4. The van der Waals surface area contributed by atoms with Crippen molar-refractivity contribution >= 4 is 18.0 Å². The number of nitriles is 1. The summed E-state index contributed by atoms with van der Waals surface area (Å²) in [7, 11) is 0. The van der Waals surface area contributed by atoms with Gasteiger partial charge in [-0.3, -0.25) is 10.2 Å². The largest absolute Gasteiger partial charge is 0.369 e. The summed E-state index contributed by atoms with van der Waals surface area (Å²) in [5, 5.41) is 20.4. The molecule has 1 saturated heterocycles. The van der Waals surface area contributed by atoms with Crippen molar-refractivity contribution in [1.29, 1.82) is 5.26 Å². The molecule has 1 rings (SSSR count). The van der Waals surface area contributed by atoms with Gasteiger partial charge in [-0.15, -0.1) is 0 Å². The molecule has 0 radical (unpaired) electrons. The Balaban J connectivity index is 2.13. The first-order valence-corrected chi connectivity index (χ1v) is 5.32. The Morgan fingerprint density at radius 1 is 1.47 bits per heavy atom. The van der Waals surface area contributed by atoms with Crippen LogP contribution in [0.25, 0.3) is 0 Å². The fourth-order valence-electron chi connectivity index (χ4n) is 1.14. The van der Waals surface area contributed by atoms with Gasteiger partial charge < -0.3 is 27.0 Å². The number of rotatable bonds is 4. The van der Waals surface area contributed by atoms with Gasteiger partial charge in [-0.25, -0.2) is 14.6 Å². The molecule has 1 fully saturated rings. The van der Waals surface area contributed by atoms with Crippen LogP contribution in [0.4, 0.5) is 9.59 Å². The van der Waals surface area contributed by atoms with Gasteiger partial charge in [0, 0.05) is 0 Å². The van der Waals surface area contributed by atoms with E-state index in [1.54, 1.807) is 11.1 Å². The minimum absolute atomic E-state index is 0.0542. The third-order valence-corrected chi connectivity index (χ3v) is 2.06. The molecule has 1 aliphatic rings. The van der Waals surface area contributed by atoms with Gasteiger partial charge >= 0.3 is 12.1 Å². The Hall–Kier alpha value is -2.74. The number of carbonyl (C=O) groups is 2. The number of nitrogens with one attached hydrogen (secondary N) is 5. The maximum absolute atomic E-state index is 11.3. The van der Waals surface area contributed by atoms with Gasteiger partial charge in [0.25, 0.3) is 0 Å². The van der Waals surface area contributed by atoms with E-state index in [1.165, 1.54) is 0 Å². The summed E-state index contributed by atoms with van der Waals surface area (Å²) in [6.45, 7) is 0.905. The predicted molar refractivity (Wildman–Crippen MR) is 65.0 cm³/mol. The highest BCUT2D eigenvalue weighted by Crippen LogP contribution is 1.86. The molecule has 104 valence electrons. The van der Waals surface area contributed by atoms with Gasteiger partial charge in [0.2, 0.25) is 5.96 Å². The van der Waals surface area contributed by atoms with Crippen molar-refractivity contribution in [1.82, 2.24) is 31.5 Å². The molecule has 19 heavy (non-hydrogen) atoms. The van der Waals surface area contributed by atoms with Crippen molar-refractivity contribution in [3.63, 3.8) is 0 Å². The van der Waals surface area contributed by atoms with Crippen LogP contribution in [0.5, 0.6) is 0 Å². The lowest BCUT2D eigenvalue weighted by Crippen LogP contribution is -2.57. The monoisotopic (exact) mass is 269 g/mol. The molecule has 0 spiro atoms. The highest BCUT2D eigenvalue weighted by molar-refractivity contribution is 5.79. The molecule has 4 amide bonds. The Kier molecular flexibility index (Phi) is 5.70. The van der Waals surface area contributed by atoms with Crippen molar-refractivity contribution in [2.24, 2.45) is 10.7 Å². The molecule has 0 aliphatic carbocycles. The van der Waals surface area contributed by atoms with Crippen molar-refractivity contribution in [2.45, 2.75) is 0 Å². The second-order valence-electron chi connectivity index (χ2n) is 3.45. The van der Waals surface area contributed by atoms with Gasteiger partial charge in [-0.1, -0.05) is 0 Å². The van der Waals surface area contributed by atoms with E-state index in [1.807, 2.05) is 0 Å². The van der Waals surface area contributed by atoms with Crippen molar-refractivity contribution in [3.8, 4) is 6.19 Å². The van der Waals surface area contributed by atoms with Crippen LogP contribution in [0, 0.1) is 11.5 Å². The van der Waals surface area contributed by atoms with Gasteiger partial charge in [-0.2, -0.15) is 5.26 Å². The summed E-state index contributed by atoms with van der Waals surface area (Å²) < 4.78 is 0. The normalized spacial score (nSPS) is 15.7. The number of hydrogen-bond acceptors (Lipinski definition) is 5. The Labute approximate surface area is 109 Å². The number of urea groups is 2. The van der Waals surface area contributed by atoms with Crippen LogP contribution in [0.2, 0.25) is 0 Å². The van der Waals surface area contributed by atoms with E-state index in [0.717, 1.165) is 0 Å². The van der Waals surface area contributed by atoms with Crippen LogP contribution in [0.1, 0.15) is 0 Å². The van der Waals surface area contributed by atoms with E-state index in [9.17, 15) is 9.59 Å². The standard InChI is InChI=1S/C8H15N9O2/c9-1-11-6(10)12-2-13-7(18)14-3-17-4-15-8(19)16-5-17/h2-5H2,(H3,10,11,12)(H2,13,14,18)(H2,15,16,19). The molecule has 11 heteroatoms. The summed E-state index contributed by atoms with van der Waals surface area (Å²) in [5.41, 5.74) is 5.26. The third kappa shape index (κ3) is 5.94. The fourth-order valence-corrected chi connectivity index (χ4v) is 1.14. The lowest BCUT2D eigenvalue weighted by Gasteiger charge is -2.27. The van der Waals surface area contributed by atoms with Crippen molar-refractivity contribution < 1.29 is 9.59 Å². The quantitative estimate of drug-likeness (QED) is 0.139. The van der Waals surface area contributed by atoms with E-state index in [2.05, 4.69) is 31.6 Å². The summed E-state index contributed by atoms with van der Waals surface area (Å²) in [6.07, 6.45) is 1.60. The smallest absolute Gasteiger partial charge is 0.317 e. The number of nitrogens with two attached hydrogens (primary N) is 1. The lowest BCUT2D eigenvalue weighted by molar-refractivity contribution is 0.174. The average molecular weight is 269 g/mol. The second-order valence-corrected chi connectivity index (χ2v) is 3.45. The molecule has 11 nitrogen and oxygen atoms in total. The minimum atomic E-state index is -0.439. The van der Waals surface area contributed by atoms with E-state index in [4.69, 9.17) is 11.0 Å². The molecule has 0 unspecified atom stereocenters. The zero-order chi connectivity index (χ0) is 14.1. The Morgan fingerprint density at radius 2 is 2.16 bits per heavy atom. The third-order valence-electron chi connectivity index (χ3n) is 2.06. The van der Waals surface area contributed by atoms with Crippen LogP contribution in [0.3, 0.4) is 0 Å². The van der Waals surface area contributed by atoms with Crippen molar-refractivity contribution in [3.05, 3.63) is 0 Å². The van der Waals surface area contributed by atoms with E-state index in [-0.39, 0.29) is 25.3 Å². The topological polar surface area (TPSA) is 160 Å².